The van der Waals surface area contributed by atoms with Gasteiger partial charge in [-0.15, -0.1) is 0 Å². The Hall–Kier alpha value is -1.01. The first kappa shape index (κ1) is 12.4. The lowest BCUT2D eigenvalue weighted by Crippen LogP contribution is -2.41. The van der Waals surface area contributed by atoms with E-state index in [1.807, 2.05) is 0 Å². The van der Waals surface area contributed by atoms with E-state index >= 15 is 0 Å². The van der Waals surface area contributed by atoms with Gasteiger partial charge in [0.15, 0.2) is 16.6 Å². The van der Waals surface area contributed by atoms with Crippen LogP contribution in [0.15, 0.2) is 0 Å². The van der Waals surface area contributed by atoms with E-state index in [4.69, 9.17) is 10.5 Å². The molecule has 5 nitrogen and oxygen atoms in total. The van der Waals surface area contributed by atoms with E-state index in [9.17, 15) is 0 Å². The number of hydrogen-bond donors (Lipinski definition) is 1. The van der Waals surface area contributed by atoms with Crippen LogP contribution in [0.1, 0.15) is 12.8 Å². The summed E-state index contributed by atoms with van der Waals surface area (Å²) in [6.07, 6.45) is 2.35. The van der Waals surface area contributed by atoms with Crippen LogP contribution in [0.3, 0.4) is 0 Å². The van der Waals surface area contributed by atoms with Gasteiger partial charge in [0, 0.05) is 13.1 Å². The van der Waals surface area contributed by atoms with Crippen LogP contribution in [0.5, 0.6) is 5.75 Å². The zero-order valence-corrected chi connectivity index (χ0v) is 11.5. The largest absolute Gasteiger partial charge is 0.490 e. The molecular formula is C11H20N4OS. The van der Waals surface area contributed by atoms with Gasteiger partial charge in [-0.25, -0.2) is 0 Å². The highest BCUT2D eigenvalue weighted by Gasteiger charge is 2.25. The molecule has 2 rings (SSSR count). The highest BCUT2D eigenvalue weighted by Crippen LogP contribution is 2.39. The lowest BCUT2D eigenvalue weighted by Gasteiger charge is -2.35. The second-order valence-corrected chi connectivity index (χ2v) is 5.30. The summed E-state index contributed by atoms with van der Waals surface area (Å²) < 4.78 is 9.48. The number of ether oxygens (including phenoxy) is 1. The predicted molar refractivity (Wildman–Crippen MR) is 72.0 cm³/mol. The Balaban J connectivity index is 2.11. The van der Waals surface area contributed by atoms with E-state index in [-0.39, 0.29) is 0 Å². The zero-order valence-electron chi connectivity index (χ0n) is 10.6. The Labute approximate surface area is 106 Å². The van der Waals surface area contributed by atoms with Gasteiger partial charge < -0.3 is 20.3 Å². The van der Waals surface area contributed by atoms with E-state index in [1.165, 1.54) is 24.4 Å². The number of aromatic nitrogens is 1. The van der Waals surface area contributed by atoms with Gasteiger partial charge in [0.1, 0.15) is 0 Å². The lowest BCUT2D eigenvalue weighted by molar-refractivity contribution is 0.252. The maximum Gasteiger partial charge on any atom is 0.197 e. The third kappa shape index (κ3) is 2.47. The zero-order chi connectivity index (χ0) is 12.4. The molecule has 0 unspecified atom stereocenters. The number of hydrogen-bond acceptors (Lipinski definition) is 6. The fraction of sp³-hybridized carbons (Fsp3) is 0.727. The third-order valence-electron chi connectivity index (χ3n) is 3.42. The second kappa shape index (κ2) is 5.10. The number of nitrogen functional groups attached to an aromatic ring is 1. The van der Waals surface area contributed by atoms with E-state index in [0.717, 1.165) is 23.8 Å². The summed E-state index contributed by atoms with van der Waals surface area (Å²) in [7, 11) is 5.92. The van der Waals surface area contributed by atoms with Crippen molar-refractivity contribution in [2.75, 3.05) is 44.9 Å². The Morgan fingerprint density at radius 2 is 2.12 bits per heavy atom. The molecule has 0 spiro atoms. The third-order valence-corrected chi connectivity index (χ3v) is 4.35. The molecule has 2 N–H and O–H groups in total. The summed E-state index contributed by atoms with van der Waals surface area (Å²) in [6, 6.07) is 0.556. The molecule has 1 aromatic rings. The molecule has 0 atom stereocenters. The molecule has 1 fully saturated rings. The Morgan fingerprint density at radius 3 is 2.71 bits per heavy atom. The molecule has 0 aromatic carbocycles. The summed E-state index contributed by atoms with van der Waals surface area (Å²) in [4.78, 5) is 4.63. The standard InChI is InChI=1S/C11H20N4OS/c1-14-6-4-8(5-7-14)15(2)11-9(16-3)10(12)13-17-11/h8H,4-7H2,1-3H3,(H2,12,13). The predicted octanol–water partition coefficient (Wildman–Crippen LogP) is 1.26. The van der Waals surface area contributed by atoms with Gasteiger partial charge in [-0.1, -0.05) is 0 Å². The van der Waals surface area contributed by atoms with Crippen LogP contribution in [0.2, 0.25) is 0 Å². The molecule has 0 radical (unpaired) electrons. The summed E-state index contributed by atoms with van der Waals surface area (Å²) in [6.45, 7) is 2.29. The van der Waals surface area contributed by atoms with E-state index in [1.54, 1.807) is 7.11 Å². The van der Waals surface area contributed by atoms with Crippen molar-refractivity contribution < 1.29 is 4.74 Å². The normalized spacial score (nSPS) is 18.3. The molecule has 1 aliphatic rings. The number of likely N-dealkylation sites (tertiary alicyclic amines) is 1. The van der Waals surface area contributed by atoms with Crippen molar-refractivity contribution in [1.29, 1.82) is 0 Å². The number of nitrogens with zero attached hydrogens (tertiary/aromatic N) is 3. The van der Waals surface area contributed by atoms with Crippen LogP contribution in [0.25, 0.3) is 0 Å². The van der Waals surface area contributed by atoms with Crippen LogP contribution in [-0.2, 0) is 0 Å². The minimum Gasteiger partial charge on any atom is -0.490 e. The van der Waals surface area contributed by atoms with Gasteiger partial charge in [0.05, 0.1) is 7.11 Å². The highest BCUT2D eigenvalue weighted by atomic mass is 32.1. The van der Waals surface area contributed by atoms with Crippen molar-refractivity contribution in [3.05, 3.63) is 0 Å². The highest BCUT2D eigenvalue weighted by molar-refractivity contribution is 7.11. The van der Waals surface area contributed by atoms with Crippen molar-refractivity contribution in [1.82, 2.24) is 9.27 Å². The second-order valence-electron chi connectivity index (χ2n) is 4.55. The summed E-state index contributed by atoms with van der Waals surface area (Å²) >= 11 is 1.42. The first-order chi connectivity index (χ1) is 8.13. The molecule has 0 saturated carbocycles. The van der Waals surface area contributed by atoms with Gasteiger partial charge in [-0.3, -0.25) is 0 Å². The summed E-state index contributed by atoms with van der Waals surface area (Å²) in [5.41, 5.74) is 5.78. The van der Waals surface area contributed by atoms with Gasteiger partial charge in [0.25, 0.3) is 0 Å². The molecule has 6 heteroatoms. The Bertz CT molecular complexity index is 374. The first-order valence-electron chi connectivity index (χ1n) is 5.84. The van der Waals surface area contributed by atoms with E-state index in [2.05, 4.69) is 28.3 Å². The maximum atomic E-state index is 5.78. The van der Waals surface area contributed by atoms with Crippen LogP contribution in [0, 0.1) is 0 Å². The maximum absolute atomic E-state index is 5.78. The minimum absolute atomic E-state index is 0.493. The number of methoxy groups -OCH3 is 1. The molecular weight excluding hydrogens is 236 g/mol. The molecule has 1 saturated heterocycles. The average molecular weight is 256 g/mol. The van der Waals surface area contributed by atoms with Gasteiger partial charge >= 0.3 is 0 Å². The first-order valence-corrected chi connectivity index (χ1v) is 6.61. The minimum atomic E-state index is 0.493. The van der Waals surface area contributed by atoms with Crippen molar-refractivity contribution >= 4 is 22.4 Å². The Morgan fingerprint density at radius 1 is 1.47 bits per heavy atom. The van der Waals surface area contributed by atoms with Crippen molar-refractivity contribution in [2.45, 2.75) is 18.9 Å². The quantitative estimate of drug-likeness (QED) is 0.882. The monoisotopic (exact) mass is 256 g/mol. The fourth-order valence-corrected chi connectivity index (χ4v) is 3.07. The smallest absolute Gasteiger partial charge is 0.197 e. The topological polar surface area (TPSA) is 54.6 Å². The molecule has 1 aliphatic heterocycles. The average Bonchev–Trinajstić information content (AvgIpc) is 2.70. The molecule has 1 aromatic heterocycles. The van der Waals surface area contributed by atoms with Gasteiger partial charge in [0.2, 0.25) is 0 Å². The lowest BCUT2D eigenvalue weighted by atomic mass is 10.0. The number of rotatable bonds is 3. The Kier molecular flexibility index (Phi) is 3.73. The number of anilines is 2. The number of piperidine rings is 1. The fourth-order valence-electron chi connectivity index (χ4n) is 2.25. The van der Waals surface area contributed by atoms with Crippen LogP contribution in [-0.4, -0.2) is 49.6 Å². The van der Waals surface area contributed by atoms with E-state index < -0.39 is 0 Å². The number of nitrogens with two attached hydrogens (primary N) is 1. The molecule has 96 valence electrons. The van der Waals surface area contributed by atoms with Crippen LogP contribution in [0.4, 0.5) is 10.8 Å². The molecule has 2 heterocycles. The van der Waals surface area contributed by atoms with Gasteiger partial charge in [-0.2, -0.15) is 4.37 Å². The summed E-state index contributed by atoms with van der Waals surface area (Å²) in [5.74, 6) is 1.21. The molecule has 0 bridgehead atoms. The van der Waals surface area contributed by atoms with Crippen molar-refractivity contribution in [3.8, 4) is 5.75 Å². The molecule has 0 amide bonds. The molecule has 0 aliphatic carbocycles. The van der Waals surface area contributed by atoms with Crippen molar-refractivity contribution in [2.24, 2.45) is 0 Å². The van der Waals surface area contributed by atoms with Gasteiger partial charge in [-0.05, 0) is 44.5 Å². The SMILES string of the molecule is COc1c(N)nsc1N(C)C1CCN(C)CC1. The van der Waals surface area contributed by atoms with E-state index in [0.29, 0.717) is 11.9 Å². The van der Waals surface area contributed by atoms with Crippen LogP contribution >= 0.6 is 11.5 Å². The summed E-state index contributed by atoms with van der Waals surface area (Å²) in [5, 5.41) is 1.04. The van der Waals surface area contributed by atoms with Crippen LogP contribution < -0.4 is 15.4 Å². The molecule has 17 heavy (non-hydrogen) atoms. The van der Waals surface area contributed by atoms with Crippen molar-refractivity contribution in [3.63, 3.8) is 0 Å².